The lowest BCUT2D eigenvalue weighted by atomic mass is 10.2. The molecule has 0 heterocycles. The molecule has 3 rings (SSSR count). The van der Waals surface area contributed by atoms with E-state index in [-0.39, 0.29) is 5.91 Å². The first-order valence-electron chi connectivity index (χ1n) is 9.84. The molecule has 2 amide bonds. The van der Waals surface area contributed by atoms with Crippen molar-refractivity contribution in [1.29, 1.82) is 0 Å². The molecule has 0 radical (unpaired) electrons. The second-order valence-electron chi connectivity index (χ2n) is 7.06. The molecule has 0 aliphatic rings. The van der Waals surface area contributed by atoms with Gasteiger partial charge in [-0.25, -0.2) is 0 Å². The van der Waals surface area contributed by atoms with Gasteiger partial charge in [0.05, 0.1) is 0 Å². The Morgan fingerprint density at radius 3 is 2.35 bits per heavy atom. The number of rotatable bonds is 7. The second kappa shape index (κ2) is 10.6. The van der Waals surface area contributed by atoms with Crippen molar-refractivity contribution in [2.45, 2.75) is 6.61 Å². The number of hydrogen-bond donors (Lipinski definition) is 2. The van der Waals surface area contributed by atoms with E-state index in [4.69, 9.17) is 4.74 Å². The zero-order chi connectivity index (χ0) is 22.1. The molecule has 3 aromatic carbocycles. The van der Waals surface area contributed by atoms with Gasteiger partial charge in [0, 0.05) is 31.4 Å². The van der Waals surface area contributed by atoms with Gasteiger partial charge in [-0.3, -0.25) is 20.4 Å². The maximum absolute atomic E-state index is 12.2. The standard InChI is InChI=1S/C25H25N3O3/c1-28(2)22-10-6-9-21(17-22)25(30)27-26-24(29)16-13-19-11-14-23(15-12-19)31-18-20-7-4-3-5-8-20/h3-17H,18H2,1-2H3,(H,26,29)(H,27,30)/b16-13+. The fourth-order valence-corrected chi connectivity index (χ4v) is 2.75. The Morgan fingerprint density at radius 1 is 0.903 bits per heavy atom. The lowest BCUT2D eigenvalue weighted by Crippen LogP contribution is -2.40. The highest BCUT2D eigenvalue weighted by Crippen LogP contribution is 2.15. The molecule has 0 spiro atoms. The summed E-state index contributed by atoms with van der Waals surface area (Å²) in [7, 11) is 3.79. The molecule has 2 N–H and O–H groups in total. The first-order valence-corrected chi connectivity index (χ1v) is 9.84. The highest BCUT2D eigenvalue weighted by atomic mass is 16.5. The highest BCUT2D eigenvalue weighted by Gasteiger charge is 2.07. The predicted octanol–water partition coefficient (Wildman–Crippen LogP) is 3.81. The van der Waals surface area contributed by atoms with E-state index in [0.717, 1.165) is 22.6 Å². The molecule has 6 heteroatoms. The number of nitrogens with one attached hydrogen (secondary N) is 2. The van der Waals surface area contributed by atoms with E-state index in [1.54, 1.807) is 24.3 Å². The predicted molar refractivity (Wildman–Crippen MR) is 123 cm³/mol. The second-order valence-corrected chi connectivity index (χ2v) is 7.06. The summed E-state index contributed by atoms with van der Waals surface area (Å²) in [6.45, 7) is 0.496. The number of hydrogen-bond acceptors (Lipinski definition) is 4. The van der Waals surface area contributed by atoms with Gasteiger partial charge >= 0.3 is 0 Å². The summed E-state index contributed by atoms with van der Waals surface area (Å²) in [6, 6.07) is 24.5. The molecule has 31 heavy (non-hydrogen) atoms. The average Bonchev–Trinajstić information content (AvgIpc) is 2.81. The van der Waals surface area contributed by atoms with Gasteiger partial charge in [-0.15, -0.1) is 0 Å². The maximum atomic E-state index is 12.2. The number of amides is 2. The molecule has 0 saturated carbocycles. The summed E-state index contributed by atoms with van der Waals surface area (Å²) in [5.74, 6) is -0.0652. The van der Waals surface area contributed by atoms with Crippen molar-refractivity contribution in [3.63, 3.8) is 0 Å². The largest absolute Gasteiger partial charge is 0.489 e. The lowest BCUT2D eigenvalue weighted by molar-refractivity contribution is -0.117. The van der Waals surface area contributed by atoms with Crippen molar-refractivity contribution < 1.29 is 14.3 Å². The highest BCUT2D eigenvalue weighted by molar-refractivity contribution is 5.98. The van der Waals surface area contributed by atoms with Crippen molar-refractivity contribution in [3.8, 4) is 5.75 Å². The third-order valence-electron chi connectivity index (χ3n) is 4.48. The topological polar surface area (TPSA) is 70.7 Å². The minimum absolute atomic E-state index is 0.384. The molecular weight excluding hydrogens is 390 g/mol. The number of hydrazine groups is 1. The average molecular weight is 415 g/mol. The molecule has 3 aromatic rings. The third-order valence-corrected chi connectivity index (χ3v) is 4.48. The fraction of sp³-hybridized carbons (Fsp3) is 0.120. The van der Waals surface area contributed by atoms with Crippen LogP contribution in [-0.2, 0) is 11.4 Å². The summed E-state index contributed by atoms with van der Waals surface area (Å²) in [6.07, 6.45) is 3.02. The fourth-order valence-electron chi connectivity index (χ4n) is 2.75. The zero-order valence-corrected chi connectivity index (χ0v) is 17.5. The molecule has 0 aromatic heterocycles. The van der Waals surface area contributed by atoms with Crippen molar-refractivity contribution in [2.75, 3.05) is 19.0 Å². The van der Waals surface area contributed by atoms with Crippen LogP contribution in [0.3, 0.4) is 0 Å². The summed E-state index contributed by atoms with van der Waals surface area (Å²) < 4.78 is 5.75. The van der Waals surface area contributed by atoms with Gasteiger partial charge in [0.25, 0.3) is 11.8 Å². The van der Waals surface area contributed by atoms with Crippen LogP contribution in [0.5, 0.6) is 5.75 Å². The zero-order valence-electron chi connectivity index (χ0n) is 17.5. The van der Waals surface area contributed by atoms with Crippen LogP contribution in [0, 0.1) is 0 Å². The molecule has 0 atom stereocenters. The van der Waals surface area contributed by atoms with Crippen LogP contribution in [-0.4, -0.2) is 25.9 Å². The van der Waals surface area contributed by atoms with Crippen LogP contribution in [0.2, 0.25) is 0 Å². The Hall–Kier alpha value is -4.06. The smallest absolute Gasteiger partial charge is 0.269 e. The molecule has 158 valence electrons. The van der Waals surface area contributed by atoms with Gasteiger partial charge in [-0.1, -0.05) is 48.5 Å². The Balaban J connectivity index is 1.47. The van der Waals surface area contributed by atoms with E-state index in [0.29, 0.717) is 12.2 Å². The first-order chi connectivity index (χ1) is 15.0. The summed E-state index contributed by atoms with van der Waals surface area (Å²) in [5.41, 5.74) is 8.09. The van der Waals surface area contributed by atoms with Gasteiger partial charge < -0.3 is 9.64 Å². The van der Waals surface area contributed by atoms with E-state index in [1.807, 2.05) is 79.7 Å². The van der Waals surface area contributed by atoms with Gasteiger partial charge in [0.1, 0.15) is 12.4 Å². The minimum Gasteiger partial charge on any atom is -0.489 e. The molecular formula is C25H25N3O3. The van der Waals surface area contributed by atoms with Crippen LogP contribution in [0.25, 0.3) is 6.08 Å². The van der Waals surface area contributed by atoms with Crippen LogP contribution in [0.15, 0.2) is 84.9 Å². The number of benzene rings is 3. The Kier molecular flexibility index (Phi) is 7.43. The molecule has 0 aliphatic carbocycles. The van der Waals surface area contributed by atoms with Crippen molar-refractivity contribution >= 4 is 23.6 Å². The number of carbonyl (C=O) groups excluding carboxylic acids is 2. The molecule has 6 nitrogen and oxygen atoms in total. The summed E-state index contributed by atoms with van der Waals surface area (Å²) in [5, 5.41) is 0. The van der Waals surface area contributed by atoms with Crippen LogP contribution in [0.1, 0.15) is 21.5 Å². The molecule has 0 unspecified atom stereocenters. The number of carbonyl (C=O) groups is 2. The van der Waals surface area contributed by atoms with Gasteiger partial charge in [0.2, 0.25) is 0 Å². The Labute approximate surface area is 182 Å². The Morgan fingerprint density at radius 2 is 1.65 bits per heavy atom. The molecule has 0 aliphatic heterocycles. The number of anilines is 1. The molecule has 0 fully saturated rings. The van der Waals surface area contributed by atoms with Crippen molar-refractivity contribution in [2.24, 2.45) is 0 Å². The van der Waals surface area contributed by atoms with Crippen LogP contribution >= 0.6 is 0 Å². The quantitative estimate of drug-likeness (QED) is 0.455. The molecule has 0 saturated heterocycles. The van der Waals surface area contributed by atoms with Crippen molar-refractivity contribution in [3.05, 3.63) is 102 Å². The lowest BCUT2D eigenvalue weighted by Gasteiger charge is -2.13. The number of ether oxygens (including phenoxy) is 1. The van der Waals surface area contributed by atoms with Gasteiger partial charge in [-0.2, -0.15) is 0 Å². The van der Waals surface area contributed by atoms with E-state index in [2.05, 4.69) is 10.9 Å². The molecule has 0 bridgehead atoms. The van der Waals surface area contributed by atoms with Crippen LogP contribution < -0.4 is 20.5 Å². The minimum atomic E-state index is -0.429. The summed E-state index contributed by atoms with van der Waals surface area (Å²) in [4.78, 5) is 26.1. The van der Waals surface area contributed by atoms with E-state index < -0.39 is 5.91 Å². The monoisotopic (exact) mass is 415 g/mol. The van der Waals surface area contributed by atoms with E-state index >= 15 is 0 Å². The van der Waals surface area contributed by atoms with Gasteiger partial charge in [-0.05, 0) is 47.5 Å². The SMILES string of the molecule is CN(C)c1cccc(C(=O)NNC(=O)/C=C/c2ccc(OCc3ccccc3)cc2)c1. The first kappa shape index (κ1) is 21.6. The Bertz CT molecular complexity index is 1050. The number of nitrogens with zero attached hydrogens (tertiary/aromatic N) is 1. The van der Waals surface area contributed by atoms with E-state index in [1.165, 1.54) is 6.08 Å². The van der Waals surface area contributed by atoms with Crippen LogP contribution in [0.4, 0.5) is 5.69 Å². The summed E-state index contributed by atoms with van der Waals surface area (Å²) >= 11 is 0. The van der Waals surface area contributed by atoms with Crippen molar-refractivity contribution in [1.82, 2.24) is 10.9 Å². The normalized spacial score (nSPS) is 10.5. The van der Waals surface area contributed by atoms with E-state index in [9.17, 15) is 9.59 Å². The third kappa shape index (κ3) is 6.75. The van der Waals surface area contributed by atoms with Gasteiger partial charge in [0.15, 0.2) is 0 Å². The maximum Gasteiger partial charge on any atom is 0.269 e.